The van der Waals surface area contributed by atoms with Gasteiger partial charge in [0.1, 0.15) is 22.6 Å². The molecule has 0 atom stereocenters. The second-order valence-corrected chi connectivity index (χ2v) is 9.37. The molecule has 3 aromatic rings. The molecule has 0 saturated carbocycles. The van der Waals surface area contributed by atoms with Gasteiger partial charge >= 0.3 is 7.60 Å². The van der Waals surface area contributed by atoms with Crippen molar-refractivity contribution in [1.29, 1.82) is 0 Å². The van der Waals surface area contributed by atoms with Gasteiger partial charge in [0.15, 0.2) is 12.1 Å². The average molecular weight is 488 g/mol. The summed E-state index contributed by atoms with van der Waals surface area (Å²) in [6.45, 7) is 3.38. The molecule has 2 aromatic carbocycles. The number of pyridine rings is 1. The monoisotopic (exact) mass is 488 g/mol. The highest BCUT2D eigenvalue weighted by molar-refractivity contribution is 7.53. The Morgan fingerprint density at radius 3 is 2.32 bits per heavy atom. The summed E-state index contributed by atoms with van der Waals surface area (Å²) in [5.41, 5.74) is 0.113. The first-order valence-corrected chi connectivity index (χ1v) is 12.3. The number of carbonyl (C=O) groups is 2. The number of aromatic nitrogens is 1. The van der Waals surface area contributed by atoms with E-state index in [4.69, 9.17) is 13.8 Å². The number of hydrogen-bond donors (Lipinski definition) is 1. The summed E-state index contributed by atoms with van der Waals surface area (Å²) < 4.78 is 42.5. The Morgan fingerprint density at radius 2 is 1.68 bits per heavy atom. The van der Waals surface area contributed by atoms with E-state index in [-0.39, 0.29) is 47.5 Å². The first-order valence-electron chi connectivity index (χ1n) is 10.5. The number of fused-ring (bicyclic) bond motifs is 2. The summed E-state index contributed by atoms with van der Waals surface area (Å²) in [6, 6.07) is 8.48. The summed E-state index contributed by atoms with van der Waals surface area (Å²) in [4.78, 5) is 31.6. The minimum atomic E-state index is -3.66. The molecule has 178 valence electrons. The molecule has 1 N–H and O–H groups in total. The molecule has 9 nitrogen and oxygen atoms in total. The fraction of sp³-hybridized carbons (Fsp3) is 0.261. The molecule has 0 unspecified atom stereocenters. The number of rotatable bonds is 9. The van der Waals surface area contributed by atoms with Gasteiger partial charge in [0.2, 0.25) is 0 Å². The number of aromatic hydroxyl groups is 1. The Morgan fingerprint density at radius 1 is 1.03 bits per heavy atom. The lowest BCUT2D eigenvalue weighted by molar-refractivity contribution is 0.0640. The van der Waals surface area contributed by atoms with Crippen molar-refractivity contribution in [2.24, 2.45) is 0 Å². The van der Waals surface area contributed by atoms with Crippen LogP contribution in [0.3, 0.4) is 0 Å². The number of ether oxygens (including phenoxy) is 1. The molecule has 0 spiro atoms. The number of imide groups is 1. The topological polar surface area (TPSA) is 115 Å². The van der Waals surface area contributed by atoms with Gasteiger partial charge in [-0.2, -0.15) is 0 Å². The van der Waals surface area contributed by atoms with Gasteiger partial charge in [-0.25, -0.2) is 4.39 Å². The van der Waals surface area contributed by atoms with Crippen LogP contribution in [0.1, 0.15) is 40.1 Å². The van der Waals surface area contributed by atoms with Crippen LogP contribution >= 0.6 is 7.60 Å². The van der Waals surface area contributed by atoms with Gasteiger partial charge in [0.05, 0.1) is 25.3 Å². The van der Waals surface area contributed by atoms with Crippen molar-refractivity contribution in [2.45, 2.75) is 20.4 Å². The van der Waals surface area contributed by atoms with Crippen molar-refractivity contribution in [3.05, 3.63) is 65.1 Å². The molecule has 2 heterocycles. The molecule has 2 amide bonds. The highest BCUT2D eigenvalue weighted by atomic mass is 31.2. The summed E-state index contributed by atoms with van der Waals surface area (Å²) in [5.74, 6) is -2.45. The summed E-state index contributed by atoms with van der Waals surface area (Å²) in [5, 5.41) is 11.1. The van der Waals surface area contributed by atoms with Crippen molar-refractivity contribution < 1.29 is 37.4 Å². The minimum absolute atomic E-state index is 0.0451. The normalized spacial score (nSPS) is 13.6. The lowest BCUT2D eigenvalue weighted by Crippen LogP contribution is -2.29. The Labute approximate surface area is 194 Å². The van der Waals surface area contributed by atoms with Crippen LogP contribution in [0.4, 0.5) is 4.39 Å². The van der Waals surface area contributed by atoms with E-state index in [9.17, 15) is 23.7 Å². The number of carbonyl (C=O) groups excluding carboxylic acids is 2. The largest absolute Gasteiger partial charge is 0.505 e. The van der Waals surface area contributed by atoms with Crippen LogP contribution in [0, 0.1) is 5.82 Å². The van der Waals surface area contributed by atoms with Gasteiger partial charge in [-0.05, 0) is 43.7 Å². The van der Waals surface area contributed by atoms with Crippen LogP contribution in [0.15, 0.2) is 42.6 Å². The first kappa shape index (κ1) is 23.8. The Hall–Kier alpha value is -3.33. The van der Waals surface area contributed by atoms with Crippen molar-refractivity contribution in [2.75, 3.05) is 19.6 Å². The molecule has 0 fully saturated rings. The van der Waals surface area contributed by atoms with Crippen LogP contribution in [-0.4, -0.2) is 46.4 Å². The van der Waals surface area contributed by atoms with E-state index < -0.39 is 37.3 Å². The third kappa shape index (κ3) is 4.27. The summed E-state index contributed by atoms with van der Waals surface area (Å²) >= 11 is 0. The van der Waals surface area contributed by atoms with E-state index in [1.165, 1.54) is 30.5 Å². The molecule has 0 saturated heterocycles. The van der Waals surface area contributed by atoms with Crippen LogP contribution < -0.4 is 4.74 Å². The quantitative estimate of drug-likeness (QED) is 0.346. The highest BCUT2D eigenvalue weighted by Gasteiger charge is 2.43. The van der Waals surface area contributed by atoms with Crippen molar-refractivity contribution in [1.82, 2.24) is 9.88 Å². The highest BCUT2D eigenvalue weighted by Crippen LogP contribution is 2.50. The predicted octanol–water partition coefficient (Wildman–Crippen LogP) is 4.48. The van der Waals surface area contributed by atoms with Crippen molar-refractivity contribution in [3.63, 3.8) is 0 Å². The molecule has 0 bridgehead atoms. The Bertz CT molecular complexity index is 1300. The van der Waals surface area contributed by atoms with Crippen LogP contribution in [0.2, 0.25) is 0 Å². The lowest BCUT2D eigenvalue weighted by atomic mass is 10.0. The molecule has 1 aromatic heterocycles. The second-order valence-electron chi connectivity index (χ2n) is 7.37. The van der Waals surface area contributed by atoms with Gasteiger partial charge in [-0.3, -0.25) is 24.0 Å². The molecule has 34 heavy (non-hydrogen) atoms. The number of benzene rings is 2. The van der Waals surface area contributed by atoms with Crippen LogP contribution in [0.25, 0.3) is 10.9 Å². The molecule has 0 radical (unpaired) electrons. The zero-order chi connectivity index (χ0) is 24.5. The fourth-order valence-electron chi connectivity index (χ4n) is 3.75. The van der Waals surface area contributed by atoms with E-state index in [0.717, 1.165) is 4.90 Å². The second kappa shape index (κ2) is 9.50. The molecule has 1 aliphatic rings. The van der Waals surface area contributed by atoms with Crippen molar-refractivity contribution >= 4 is 30.3 Å². The van der Waals surface area contributed by atoms with E-state index in [2.05, 4.69) is 4.98 Å². The SMILES string of the molecule is CCOP(=O)(COc1c2c(c(O)c3ncccc13)C(=O)N(Cc1ccc(F)cc1)C2=O)OCC. The zero-order valence-electron chi connectivity index (χ0n) is 18.5. The third-order valence-electron chi connectivity index (χ3n) is 5.18. The van der Waals surface area contributed by atoms with E-state index in [1.54, 1.807) is 26.0 Å². The standard InChI is InChI=1S/C23H22FN2O7P/c1-3-32-34(30,33-4-2)13-31-21-16-6-5-11-25-19(16)20(27)17-18(21)23(29)26(22(17)28)12-14-7-9-15(24)10-8-14/h5-11,27H,3-4,12-13H2,1-2H3. The number of amides is 2. The fourth-order valence-corrected chi connectivity index (χ4v) is 5.05. The number of hydrogen-bond acceptors (Lipinski definition) is 8. The number of phenolic OH excluding ortho intramolecular Hbond substituents is 1. The zero-order valence-corrected chi connectivity index (χ0v) is 19.4. The molecular formula is C23H22FN2O7P. The average Bonchev–Trinajstić information content (AvgIpc) is 3.06. The van der Waals surface area contributed by atoms with E-state index in [0.29, 0.717) is 5.56 Å². The molecular weight excluding hydrogens is 466 g/mol. The van der Waals surface area contributed by atoms with Crippen molar-refractivity contribution in [3.8, 4) is 11.5 Å². The van der Waals surface area contributed by atoms with Gasteiger partial charge in [-0.1, -0.05) is 12.1 Å². The Balaban J connectivity index is 1.79. The first-order chi connectivity index (χ1) is 16.3. The summed E-state index contributed by atoms with van der Waals surface area (Å²) in [6.07, 6.45) is 0.899. The number of phenols is 1. The third-order valence-corrected chi connectivity index (χ3v) is 6.93. The molecule has 1 aliphatic heterocycles. The maximum atomic E-state index is 13.4. The maximum Gasteiger partial charge on any atom is 0.367 e. The number of halogens is 1. The molecule has 11 heteroatoms. The van der Waals surface area contributed by atoms with E-state index in [1.807, 2.05) is 0 Å². The van der Waals surface area contributed by atoms with Crippen LogP contribution in [0.5, 0.6) is 11.5 Å². The lowest BCUT2D eigenvalue weighted by Gasteiger charge is -2.19. The van der Waals surface area contributed by atoms with Gasteiger partial charge in [-0.15, -0.1) is 0 Å². The van der Waals surface area contributed by atoms with E-state index >= 15 is 0 Å². The predicted molar refractivity (Wildman–Crippen MR) is 120 cm³/mol. The Kier molecular flexibility index (Phi) is 6.65. The number of nitrogens with zero attached hydrogens (tertiary/aromatic N) is 2. The summed E-state index contributed by atoms with van der Waals surface area (Å²) in [7, 11) is -3.66. The van der Waals surface area contributed by atoms with Gasteiger partial charge in [0, 0.05) is 11.6 Å². The molecule has 0 aliphatic carbocycles. The minimum Gasteiger partial charge on any atom is -0.505 e. The molecule has 4 rings (SSSR count). The maximum absolute atomic E-state index is 13.4. The van der Waals surface area contributed by atoms with Gasteiger partial charge in [0.25, 0.3) is 11.8 Å². The smallest absolute Gasteiger partial charge is 0.367 e. The van der Waals surface area contributed by atoms with Gasteiger partial charge < -0.3 is 18.9 Å². The van der Waals surface area contributed by atoms with Crippen LogP contribution in [-0.2, 0) is 20.2 Å².